The first-order valence-corrected chi connectivity index (χ1v) is 10.4. The van der Waals surface area contributed by atoms with Crippen LogP contribution in [0.1, 0.15) is 78.6 Å². The van der Waals surface area contributed by atoms with Gasteiger partial charge in [0.2, 0.25) is 11.8 Å². The number of hydrogen-bond donors (Lipinski definition) is 0. The van der Waals surface area contributed by atoms with Gasteiger partial charge >= 0.3 is 0 Å². The van der Waals surface area contributed by atoms with Gasteiger partial charge in [0.1, 0.15) is 6.04 Å². The number of aromatic nitrogens is 4. The zero-order chi connectivity index (χ0) is 21.4. The van der Waals surface area contributed by atoms with Crippen LogP contribution < -0.4 is 0 Å². The first-order valence-electron chi connectivity index (χ1n) is 10.4. The largest absolute Gasteiger partial charge is 0.422 e. The maximum atomic E-state index is 13.7. The average molecular weight is 412 g/mol. The van der Waals surface area contributed by atoms with Crippen molar-refractivity contribution in [1.82, 2.24) is 30.1 Å². The van der Waals surface area contributed by atoms with Crippen molar-refractivity contribution >= 4 is 17.0 Å². The van der Waals surface area contributed by atoms with Crippen LogP contribution in [0.3, 0.4) is 0 Å². The molecule has 1 atom stereocenters. The predicted octanol–water partition coefficient (Wildman–Crippen LogP) is 3.47. The molecule has 0 bridgehead atoms. The number of hydrogen-bond acceptors (Lipinski definition) is 8. The molecule has 9 heteroatoms. The highest BCUT2D eigenvalue weighted by atomic mass is 16.5. The number of likely N-dealkylation sites (tertiary alicyclic amines) is 1. The topological polar surface area (TPSA) is 101 Å². The highest BCUT2D eigenvalue weighted by Crippen LogP contribution is 2.34. The lowest BCUT2D eigenvalue weighted by atomic mass is 9.98. The molecule has 0 N–H and O–H groups in total. The molecule has 0 aromatic carbocycles. The number of amides is 1. The van der Waals surface area contributed by atoms with Crippen LogP contribution in [0.4, 0.5) is 0 Å². The summed E-state index contributed by atoms with van der Waals surface area (Å²) in [5, 5.41) is 13.1. The second-order valence-corrected chi connectivity index (χ2v) is 8.48. The Bertz CT molecular complexity index is 1050. The number of fused-ring (bicyclic) bond motifs is 1. The Morgan fingerprint density at radius 3 is 2.83 bits per heavy atom. The van der Waals surface area contributed by atoms with E-state index in [1.807, 2.05) is 50.7 Å². The molecule has 3 aromatic heterocycles. The van der Waals surface area contributed by atoms with Gasteiger partial charge in [-0.25, -0.2) is 4.98 Å². The predicted molar refractivity (Wildman–Crippen MR) is 110 cm³/mol. The highest BCUT2D eigenvalue weighted by molar-refractivity contribution is 6.06. The van der Waals surface area contributed by atoms with Crippen molar-refractivity contribution < 1.29 is 13.7 Å². The molecule has 0 aliphatic carbocycles. The number of pyridine rings is 1. The van der Waals surface area contributed by atoms with Crippen molar-refractivity contribution in [3.63, 3.8) is 0 Å². The summed E-state index contributed by atoms with van der Waals surface area (Å²) in [6, 6.07) is 1.64. The third-order valence-electron chi connectivity index (χ3n) is 5.44. The van der Waals surface area contributed by atoms with Gasteiger partial charge in [0.15, 0.2) is 0 Å². The molecule has 9 nitrogen and oxygen atoms in total. The molecule has 4 rings (SSSR count). The lowest BCUT2D eigenvalue weighted by molar-refractivity contribution is 0.0570. The van der Waals surface area contributed by atoms with Crippen molar-refractivity contribution in [2.75, 3.05) is 20.6 Å². The summed E-state index contributed by atoms with van der Waals surface area (Å²) in [5.74, 6) is 1.13. The van der Waals surface area contributed by atoms with E-state index in [-0.39, 0.29) is 17.9 Å². The SMILES string of the molecule is Cc1noc2nc(C(C)C)cc(C(=O)N3CCCC[C@@H]3c3nnc(CN(C)C)o3)c12. The van der Waals surface area contributed by atoms with Gasteiger partial charge in [-0.3, -0.25) is 4.79 Å². The minimum absolute atomic E-state index is 0.0762. The Balaban J connectivity index is 1.72. The van der Waals surface area contributed by atoms with Gasteiger partial charge in [-0.2, -0.15) is 0 Å². The smallest absolute Gasteiger partial charge is 0.259 e. The van der Waals surface area contributed by atoms with Crippen LogP contribution in [0, 0.1) is 6.92 Å². The van der Waals surface area contributed by atoms with Crippen molar-refractivity contribution in [2.24, 2.45) is 0 Å². The third-order valence-corrected chi connectivity index (χ3v) is 5.44. The first kappa shape index (κ1) is 20.5. The van der Waals surface area contributed by atoms with Crippen LogP contribution in [-0.4, -0.2) is 56.7 Å². The molecule has 0 unspecified atom stereocenters. The highest BCUT2D eigenvalue weighted by Gasteiger charge is 2.34. The molecule has 160 valence electrons. The lowest BCUT2D eigenvalue weighted by Crippen LogP contribution is -2.39. The van der Waals surface area contributed by atoms with Gasteiger partial charge in [0, 0.05) is 12.2 Å². The molecule has 1 aliphatic rings. The summed E-state index contributed by atoms with van der Waals surface area (Å²) in [4.78, 5) is 22.1. The summed E-state index contributed by atoms with van der Waals surface area (Å²) < 4.78 is 11.3. The fourth-order valence-electron chi connectivity index (χ4n) is 3.90. The lowest BCUT2D eigenvalue weighted by Gasteiger charge is -2.33. The molecule has 30 heavy (non-hydrogen) atoms. The molecule has 4 heterocycles. The normalized spacial score (nSPS) is 17.4. The maximum absolute atomic E-state index is 13.7. The van der Waals surface area contributed by atoms with Gasteiger partial charge in [-0.05, 0) is 52.3 Å². The summed E-state index contributed by atoms with van der Waals surface area (Å²) >= 11 is 0. The molecular weight excluding hydrogens is 384 g/mol. The Labute approximate surface area is 175 Å². The number of aryl methyl sites for hydroxylation is 1. The zero-order valence-electron chi connectivity index (χ0n) is 18.2. The van der Waals surface area contributed by atoms with Gasteiger partial charge in [-0.15, -0.1) is 10.2 Å². The van der Waals surface area contributed by atoms with E-state index >= 15 is 0 Å². The van der Waals surface area contributed by atoms with Crippen molar-refractivity contribution in [2.45, 2.75) is 58.5 Å². The molecule has 0 radical (unpaired) electrons. The summed E-state index contributed by atoms with van der Waals surface area (Å²) in [5.41, 5.74) is 2.45. The third kappa shape index (κ3) is 3.81. The van der Waals surface area contributed by atoms with Crippen molar-refractivity contribution in [1.29, 1.82) is 0 Å². The quantitative estimate of drug-likeness (QED) is 0.628. The van der Waals surface area contributed by atoms with E-state index in [1.165, 1.54) is 0 Å². The summed E-state index contributed by atoms with van der Waals surface area (Å²) in [6.07, 6.45) is 2.74. The van der Waals surface area contributed by atoms with Gasteiger partial charge < -0.3 is 18.7 Å². The van der Waals surface area contributed by atoms with E-state index in [4.69, 9.17) is 8.94 Å². The maximum Gasteiger partial charge on any atom is 0.259 e. The van der Waals surface area contributed by atoms with Crippen LogP contribution in [0.25, 0.3) is 11.1 Å². The molecule has 1 fully saturated rings. The Kier molecular flexibility index (Phi) is 5.55. The molecule has 1 aliphatic heterocycles. The number of rotatable bonds is 5. The standard InChI is InChI=1S/C21H28N6O3/c1-12(2)15-10-14(18-13(3)25-30-20(18)22-15)21(28)27-9-7-6-8-16(27)19-24-23-17(29-19)11-26(4)5/h10,12,16H,6-9,11H2,1-5H3/t16-/m1/s1. The number of piperidine rings is 1. The van der Waals surface area contributed by atoms with Crippen LogP contribution in [-0.2, 0) is 6.54 Å². The monoisotopic (exact) mass is 412 g/mol. The van der Waals surface area contributed by atoms with E-state index in [9.17, 15) is 4.79 Å². The van der Waals surface area contributed by atoms with E-state index in [0.29, 0.717) is 47.2 Å². The number of carbonyl (C=O) groups excluding carboxylic acids is 1. The molecule has 0 spiro atoms. The molecular formula is C21H28N6O3. The summed E-state index contributed by atoms with van der Waals surface area (Å²) in [7, 11) is 3.89. The Hall–Kier alpha value is -2.81. The van der Waals surface area contributed by atoms with Crippen LogP contribution in [0.5, 0.6) is 0 Å². The number of carbonyl (C=O) groups is 1. The second kappa shape index (κ2) is 8.14. The van der Waals surface area contributed by atoms with Gasteiger partial charge in [0.05, 0.1) is 23.2 Å². The van der Waals surface area contributed by atoms with Gasteiger partial charge in [-0.1, -0.05) is 19.0 Å². The molecule has 1 amide bonds. The second-order valence-electron chi connectivity index (χ2n) is 8.48. The van der Waals surface area contributed by atoms with Crippen molar-refractivity contribution in [3.05, 3.63) is 34.8 Å². The van der Waals surface area contributed by atoms with E-state index in [2.05, 4.69) is 20.3 Å². The Morgan fingerprint density at radius 2 is 2.10 bits per heavy atom. The minimum atomic E-state index is -0.236. The fraction of sp³-hybridized carbons (Fsp3) is 0.571. The minimum Gasteiger partial charge on any atom is -0.422 e. The van der Waals surface area contributed by atoms with E-state index < -0.39 is 0 Å². The van der Waals surface area contributed by atoms with Crippen molar-refractivity contribution in [3.8, 4) is 0 Å². The summed E-state index contributed by atoms with van der Waals surface area (Å²) in [6.45, 7) is 7.12. The van der Waals surface area contributed by atoms with E-state index in [0.717, 1.165) is 25.0 Å². The molecule has 1 saturated heterocycles. The van der Waals surface area contributed by atoms with Crippen LogP contribution in [0.15, 0.2) is 15.0 Å². The number of nitrogens with zero attached hydrogens (tertiary/aromatic N) is 6. The average Bonchev–Trinajstić information content (AvgIpc) is 3.33. The Morgan fingerprint density at radius 1 is 1.30 bits per heavy atom. The molecule has 3 aromatic rings. The van der Waals surface area contributed by atoms with Gasteiger partial charge in [0.25, 0.3) is 11.6 Å². The van der Waals surface area contributed by atoms with Crippen LogP contribution >= 0.6 is 0 Å². The first-order chi connectivity index (χ1) is 14.3. The molecule has 0 saturated carbocycles. The van der Waals surface area contributed by atoms with E-state index in [1.54, 1.807) is 0 Å². The fourth-order valence-corrected chi connectivity index (χ4v) is 3.90. The van der Waals surface area contributed by atoms with Crippen LogP contribution in [0.2, 0.25) is 0 Å². The zero-order valence-corrected chi connectivity index (χ0v) is 18.2.